The summed E-state index contributed by atoms with van der Waals surface area (Å²) >= 11 is 0. The Balaban J connectivity index is 2.07. The summed E-state index contributed by atoms with van der Waals surface area (Å²) in [6, 6.07) is 9.90. The molecule has 1 saturated carbocycles. The molecule has 1 fully saturated rings. The number of rotatable bonds is 3. The topological polar surface area (TPSA) is 33.0 Å². The predicted molar refractivity (Wildman–Crippen MR) is 49.4 cm³/mol. The zero-order valence-electron chi connectivity index (χ0n) is 7.36. The fourth-order valence-corrected chi connectivity index (χ4v) is 1.20. The first-order chi connectivity index (χ1) is 6.38. The first-order valence-electron chi connectivity index (χ1n) is 4.51. The lowest BCUT2D eigenvalue weighted by molar-refractivity contribution is 0.303. The average Bonchev–Trinajstić information content (AvgIpc) is 2.90. The van der Waals surface area contributed by atoms with E-state index < -0.39 is 0 Å². The van der Waals surface area contributed by atoms with E-state index in [1.54, 1.807) is 0 Å². The molecule has 1 aliphatic rings. The van der Waals surface area contributed by atoms with Gasteiger partial charge in [-0.15, -0.1) is 0 Å². The molecule has 0 aromatic heterocycles. The first-order valence-corrected chi connectivity index (χ1v) is 4.51. The highest BCUT2D eigenvalue weighted by Crippen LogP contribution is 2.26. The molecule has 0 radical (unpaired) electrons. The number of nitriles is 1. The molecule has 0 atom stereocenters. The summed E-state index contributed by atoms with van der Waals surface area (Å²) in [5.41, 5.74) is 1.03. The zero-order valence-corrected chi connectivity index (χ0v) is 7.36. The van der Waals surface area contributed by atoms with Crippen LogP contribution in [0.3, 0.4) is 0 Å². The van der Waals surface area contributed by atoms with Crippen molar-refractivity contribution in [2.75, 3.05) is 0 Å². The van der Waals surface area contributed by atoms with Crippen molar-refractivity contribution in [3.63, 3.8) is 0 Å². The SMILES string of the molecule is N#CCc1cccc(OC2CC2)c1. The molecule has 0 spiro atoms. The van der Waals surface area contributed by atoms with Gasteiger partial charge >= 0.3 is 0 Å². The van der Waals surface area contributed by atoms with Crippen LogP contribution >= 0.6 is 0 Å². The van der Waals surface area contributed by atoms with Crippen LogP contribution in [-0.4, -0.2) is 6.10 Å². The van der Waals surface area contributed by atoms with Gasteiger partial charge in [-0.3, -0.25) is 0 Å². The van der Waals surface area contributed by atoms with E-state index in [-0.39, 0.29) is 0 Å². The van der Waals surface area contributed by atoms with Crippen LogP contribution in [0.4, 0.5) is 0 Å². The van der Waals surface area contributed by atoms with Gasteiger partial charge in [-0.1, -0.05) is 12.1 Å². The van der Waals surface area contributed by atoms with Crippen molar-refractivity contribution in [2.45, 2.75) is 25.4 Å². The first kappa shape index (κ1) is 8.12. The molecule has 66 valence electrons. The summed E-state index contributed by atoms with van der Waals surface area (Å²) in [7, 11) is 0. The van der Waals surface area contributed by atoms with Crippen molar-refractivity contribution in [1.29, 1.82) is 5.26 Å². The maximum atomic E-state index is 8.51. The van der Waals surface area contributed by atoms with E-state index in [0.29, 0.717) is 12.5 Å². The summed E-state index contributed by atoms with van der Waals surface area (Å²) in [4.78, 5) is 0. The largest absolute Gasteiger partial charge is 0.490 e. The van der Waals surface area contributed by atoms with Crippen molar-refractivity contribution in [2.24, 2.45) is 0 Å². The minimum absolute atomic E-state index is 0.428. The molecule has 0 unspecified atom stereocenters. The van der Waals surface area contributed by atoms with Gasteiger partial charge in [0, 0.05) is 0 Å². The van der Waals surface area contributed by atoms with Crippen LogP contribution in [0.2, 0.25) is 0 Å². The van der Waals surface area contributed by atoms with Gasteiger partial charge in [0.05, 0.1) is 18.6 Å². The second-order valence-electron chi connectivity index (χ2n) is 3.30. The third kappa shape index (κ3) is 2.22. The molecule has 0 N–H and O–H groups in total. The van der Waals surface area contributed by atoms with Gasteiger partial charge in [0.25, 0.3) is 0 Å². The molecular formula is C11H11NO. The van der Waals surface area contributed by atoms with Crippen LogP contribution in [0.5, 0.6) is 5.75 Å². The van der Waals surface area contributed by atoms with E-state index in [4.69, 9.17) is 10.00 Å². The fourth-order valence-electron chi connectivity index (χ4n) is 1.20. The summed E-state index contributed by atoms with van der Waals surface area (Å²) in [6.07, 6.45) is 3.23. The molecule has 2 rings (SSSR count). The van der Waals surface area contributed by atoms with Crippen LogP contribution in [0, 0.1) is 11.3 Å². The highest BCUT2D eigenvalue weighted by atomic mass is 16.5. The monoisotopic (exact) mass is 173 g/mol. The van der Waals surface area contributed by atoms with Crippen LogP contribution < -0.4 is 4.74 Å². The van der Waals surface area contributed by atoms with Gasteiger partial charge < -0.3 is 4.74 Å². The molecule has 2 nitrogen and oxygen atoms in total. The molecule has 0 heterocycles. The number of hydrogen-bond donors (Lipinski definition) is 0. The average molecular weight is 173 g/mol. The Morgan fingerprint density at radius 1 is 1.46 bits per heavy atom. The Hall–Kier alpha value is -1.49. The van der Waals surface area contributed by atoms with E-state index in [0.717, 1.165) is 11.3 Å². The number of nitrogens with zero attached hydrogens (tertiary/aromatic N) is 1. The molecule has 1 aromatic carbocycles. The van der Waals surface area contributed by atoms with Gasteiger partial charge in [-0.05, 0) is 30.5 Å². The van der Waals surface area contributed by atoms with E-state index in [1.807, 2.05) is 24.3 Å². The normalized spacial score (nSPS) is 15.0. The molecule has 1 aliphatic carbocycles. The summed E-state index contributed by atoms with van der Waals surface area (Å²) in [5, 5.41) is 8.51. The predicted octanol–water partition coefficient (Wildman–Crippen LogP) is 2.29. The van der Waals surface area contributed by atoms with E-state index in [2.05, 4.69) is 6.07 Å². The summed E-state index contributed by atoms with van der Waals surface area (Å²) in [5.74, 6) is 0.898. The van der Waals surface area contributed by atoms with Crippen molar-refractivity contribution < 1.29 is 4.74 Å². The molecule has 0 bridgehead atoms. The second kappa shape index (κ2) is 3.49. The Morgan fingerprint density at radius 2 is 2.31 bits per heavy atom. The third-order valence-electron chi connectivity index (χ3n) is 2.01. The molecule has 2 heteroatoms. The van der Waals surface area contributed by atoms with Gasteiger partial charge in [-0.2, -0.15) is 5.26 Å². The molecule has 0 saturated heterocycles. The smallest absolute Gasteiger partial charge is 0.120 e. The highest BCUT2D eigenvalue weighted by molar-refractivity contribution is 5.30. The Labute approximate surface area is 77.8 Å². The number of benzene rings is 1. The minimum atomic E-state index is 0.428. The Kier molecular flexibility index (Phi) is 2.18. The maximum absolute atomic E-state index is 8.51. The molecule has 0 amide bonds. The molecule has 13 heavy (non-hydrogen) atoms. The molecular weight excluding hydrogens is 162 g/mol. The van der Waals surface area contributed by atoms with Gasteiger partial charge in [-0.25, -0.2) is 0 Å². The van der Waals surface area contributed by atoms with Crippen molar-refractivity contribution in [3.05, 3.63) is 29.8 Å². The van der Waals surface area contributed by atoms with E-state index in [1.165, 1.54) is 12.8 Å². The van der Waals surface area contributed by atoms with Crippen molar-refractivity contribution >= 4 is 0 Å². The van der Waals surface area contributed by atoms with Crippen LogP contribution in [-0.2, 0) is 6.42 Å². The van der Waals surface area contributed by atoms with Gasteiger partial charge in [0.1, 0.15) is 5.75 Å². The lowest BCUT2D eigenvalue weighted by atomic mass is 10.1. The lowest BCUT2D eigenvalue weighted by Gasteiger charge is -2.04. The van der Waals surface area contributed by atoms with Crippen molar-refractivity contribution in [1.82, 2.24) is 0 Å². The second-order valence-corrected chi connectivity index (χ2v) is 3.30. The maximum Gasteiger partial charge on any atom is 0.120 e. The van der Waals surface area contributed by atoms with Crippen LogP contribution in [0.15, 0.2) is 24.3 Å². The van der Waals surface area contributed by atoms with Gasteiger partial charge in [0.15, 0.2) is 0 Å². The molecule has 1 aromatic rings. The zero-order chi connectivity index (χ0) is 9.10. The quantitative estimate of drug-likeness (QED) is 0.702. The summed E-state index contributed by atoms with van der Waals surface area (Å²) < 4.78 is 5.60. The van der Waals surface area contributed by atoms with Crippen LogP contribution in [0.1, 0.15) is 18.4 Å². The third-order valence-corrected chi connectivity index (χ3v) is 2.01. The standard InChI is InChI=1S/C11H11NO/c12-7-6-9-2-1-3-11(8-9)13-10-4-5-10/h1-3,8,10H,4-6H2. The lowest BCUT2D eigenvalue weighted by Crippen LogP contribution is -1.96. The Morgan fingerprint density at radius 3 is 3.00 bits per heavy atom. The number of hydrogen-bond acceptors (Lipinski definition) is 2. The van der Waals surface area contributed by atoms with E-state index in [9.17, 15) is 0 Å². The highest BCUT2D eigenvalue weighted by Gasteiger charge is 2.23. The fraction of sp³-hybridized carbons (Fsp3) is 0.364. The van der Waals surface area contributed by atoms with Gasteiger partial charge in [0.2, 0.25) is 0 Å². The van der Waals surface area contributed by atoms with Crippen LogP contribution in [0.25, 0.3) is 0 Å². The molecule has 0 aliphatic heterocycles. The summed E-state index contributed by atoms with van der Waals surface area (Å²) in [6.45, 7) is 0. The minimum Gasteiger partial charge on any atom is -0.490 e. The van der Waals surface area contributed by atoms with E-state index >= 15 is 0 Å². The number of ether oxygens (including phenoxy) is 1. The Bertz CT molecular complexity index is 336. The van der Waals surface area contributed by atoms with Crippen molar-refractivity contribution in [3.8, 4) is 11.8 Å².